The second kappa shape index (κ2) is 6.31. The molecule has 1 aromatic carbocycles. The van der Waals surface area contributed by atoms with Crippen LogP contribution in [-0.4, -0.2) is 23.3 Å². The number of hydrogen-bond acceptors (Lipinski definition) is 4. The van der Waals surface area contributed by atoms with Crippen LogP contribution in [0, 0.1) is 5.92 Å². The maximum absolute atomic E-state index is 12.2. The van der Waals surface area contributed by atoms with Gasteiger partial charge in [-0.3, -0.25) is 19.3 Å². The Morgan fingerprint density at radius 2 is 1.92 bits per heavy atom. The summed E-state index contributed by atoms with van der Waals surface area (Å²) in [6.07, 6.45) is 1.49. The minimum absolute atomic E-state index is 0.126. The van der Waals surface area contributed by atoms with Crippen molar-refractivity contribution in [2.45, 2.75) is 20.4 Å². The number of aromatic nitrogens is 1. The van der Waals surface area contributed by atoms with E-state index in [1.165, 1.54) is 17.2 Å². The van der Waals surface area contributed by atoms with Gasteiger partial charge in [-0.25, -0.2) is 0 Å². The number of rotatable bonds is 5. The molecule has 6 nitrogen and oxygen atoms in total. The summed E-state index contributed by atoms with van der Waals surface area (Å²) in [5.74, 6) is -0.549. The van der Waals surface area contributed by atoms with Gasteiger partial charge in [0.15, 0.2) is 5.75 Å². The number of para-hydroxylation sites is 1. The number of H-pyrrole nitrogens is 1. The van der Waals surface area contributed by atoms with E-state index in [1.807, 2.05) is 13.8 Å². The third-order valence-corrected chi connectivity index (χ3v) is 3.72. The SMILES string of the molecule is CC(C)COc1c[nH]c(CN2C(=O)C(=O)c3ccccc32)cc1=O. The Morgan fingerprint density at radius 3 is 2.62 bits per heavy atom. The summed E-state index contributed by atoms with van der Waals surface area (Å²) in [5.41, 5.74) is 1.24. The van der Waals surface area contributed by atoms with Crippen molar-refractivity contribution in [2.24, 2.45) is 5.92 Å². The molecule has 1 aromatic heterocycles. The lowest BCUT2D eigenvalue weighted by Crippen LogP contribution is -2.30. The fraction of sp³-hybridized carbons (Fsp3) is 0.278. The van der Waals surface area contributed by atoms with Crippen LogP contribution < -0.4 is 15.1 Å². The Balaban J connectivity index is 1.82. The lowest BCUT2D eigenvalue weighted by molar-refractivity contribution is -0.114. The topological polar surface area (TPSA) is 79.5 Å². The Kier molecular flexibility index (Phi) is 4.20. The van der Waals surface area contributed by atoms with Crippen LogP contribution in [0.1, 0.15) is 29.9 Å². The number of anilines is 1. The molecule has 2 aromatic rings. The molecular formula is C18H18N2O4. The van der Waals surface area contributed by atoms with Crippen LogP contribution >= 0.6 is 0 Å². The first-order chi connectivity index (χ1) is 11.5. The minimum atomic E-state index is -0.586. The highest BCUT2D eigenvalue weighted by Gasteiger charge is 2.35. The molecule has 0 bridgehead atoms. The number of fused-ring (bicyclic) bond motifs is 1. The largest absolute Gasteiger partial charge is 0.488 e. The van der Waals surface area contributed by atoms with Gasteiger partial charge in [0.2, 0.25) is 5.43 Å². The quantitative estimate of drug-likeness (QED) is 0.854. The zero-order chi connectivity index (χ0) is 17.3. The van der Waals surface area contributed by atoms with Crippen molar-refractivity contribution < 1.29 is 14.3 Å². The number of Topliss-reactive ketones (excluding diaryl/α,β-unsaturated/α-hetero) is 1. The van der Waals surface area contributed by atoms with Gasteiger partial charge in [-0.15, -0.1) is 0 Å². The third-order valence-electron chi connectivity index (χ3n) is 3.72. The van der Waals surface area contributed by atoms with Crippen molar-refractivity contribution in [1.82, 2.24) is 4.98 Å². The molecule has 0 atom stereocenters. The minimum Gasteiger partial charge on any atom is -0.488 e. The highest BCUT2D eigenvalue weighted by molar-refractivity contribution is 6.52. The van der Waals surface area contributed by atoms with Gasteiger partial charge in [-0.2, -0.15) is 0 Å². The summed E-state index contributed by atoms with van der Waals surface area (Å²) in [7, 11) is 0. The van der Waals surface area contributed by atoms with E-state index in [0.717, 1.165) is 0 Å². The maximum Gasteiger partial charge on any atom is 0.299 e. The molecule has 0 saturated carbocycles. The van der Waals surface area contributed by atoms with Crippen molar-refractivity contribution in [1.29, 1.82) is 0 Å². The second-order valence-electron chi connectivity index (χ2n) is 6.13. The van der Waals surface area contributed by atoms with Gasteiger partial charge < -0.3 is 9.72 Å². The highest BCUT2D eigenvalue weighted by atomic mass is 16.5. The molecule has 1 aliphatic heterocycles. The number of benzene rings is 1. The van der Waals surface area contributed by atoms with Gasteiger partial charge in [-0.1, -0.05) is 26.0 Å². The molecule has 0 saturated heterocycles. The third kappa shape index (κ3) is 2.95. The number of nitrogens with zero attached hydrogens (tertiary/aromatic N) is 1. The van der Waals surface area contributed by atoms with E-state index in [4.69, 9.17) is 4.74 Å². The van der Waals surface area contributed by atoms with Crippen LogP contribution in [0.3, 0.4) is 0 Å². The van der Waals surface area contributed by atoms with E-state index in [9.17, 15) is 14.4 Å². The smallest absolute Gasteiger partial charge is 0.299 e. The van der Waals surface area contributed by atoms with Crippen molar-refractivity contribution in [3.8, 4) is 5.75 Å². The molecule has 24 heavy (non-hydrogen) atoms. The lowest BCUT2D eigenvalue weighted by atomic mass is 10.1. The molecule has 1 amide bonds. The Labute approximate surface area is 139 Å². The van der Waals surface area contributed by atoms with Gasteiger partial charge in [0.1, 0.15) is 0 Å². The van der Waals surface area contributed by atoms with Crippen molar-refractivity contribution in [3.63, 3.8) is 0 Å². The monoisotopic (exact) mass is 326 g/mol. The Bertz CT molecular complexity index is 854. The van der Waals surface area contributed by atoms with E-state index < -0.39 is 11.7 Å². The van der Waals surface area contributed by atoms with Crippen molar-refractivity contribution >= 4 is 17.4 Å². The molecule has 3 rings (SSSR count). The van der Waals surface area contributed by atoms with E-state index in [-0.39, 0.29) is 17.7 Å². The number of pyridine rings is 1. The molecular weight excluding hydrogens is 308 g/mol. The van der Waals surface area contributed by atoms with Gasteiger partial charge >= 0.3 is 0 Å². The number of ketones is 1. The molecule has 124 valence electrons. The van der Waals surface area contributed by atoms with Crippen LogP contribution in [0.5, 0.6) is 5.75 Å². The second-order valence-corrected chi connectivity index (χ2v) is 6.13. The zero-order valence-corrected chi connectivity index (χ0v) is 13.5. The summed E-state index contributed by atoms with van der Waals surface area (Å²) in [6.45, 7) is 4.57. The van der Waals surface area contributed by atoms with Gasteiger partial charge in [-0.05, 0) is 18.1 Å². The standard InChI is InChI=1S/C18H18N2O4/c1-11(2)10-24-16-8-19-12(7-15(16)21)9-20-14-6-4-3-5-13(14)17(22)18(20)23/h3-8,11H,9-10H2,1-2H3,(H,19,21). The van der Waals surface area contributed by atoms with Crippen LogP contribution in [-0.2, 0) is 11.3 Å². The predicted octanol–water partition coefficient (Wildman–Crippen LogP) is 2.14. The first-order valence-corrected chi connectivity index (χ1v) is 7.77. The predicted molar refractivity (Wildman–Crippen MR) is 89.4 cm³/mol. The Morgan fingerprint density at radius 1 is 1.17 bits per heavy atom. The molecule has 0 spiro atoms. The highest BCUT2D eigenvalue weighted by Crippen LogP contribution is 2.29. The molecule has 0 fully saturated rings. The molecule has 0 radical (unpaired) electrons. The fourth-order valence-electron chi connectivity index (χ4n) is 2.54. The van der Waals surface area contributed by atoms with Crippen molar-refractivity contribution in [2.75, 3.05) is 11.5 Å². The molecule has 2 heterocycles. The van der Waals surface area contributed by atoms with E-state index in [0.29, 0.717) is 29.5 Å². The number of carbonyl (C=O) groups is 2. The zero-order valence-electron chi connectivity index (χ0n) is 13.5. The van der Waals surface area contributed by atoms with E-state index in [1.54, 1.807) is 24.3 Å². The maximum atomic E-state index is 12.2. The van der Waals surface area contributed by atoms with Gasteiger partial charge in [0.05, 0.1) is 24.4 Å². The number of carbonyl (C=O) groups excluding carboxylic acids is 2. The van der Waals surface area contributed by atoms with Crippen LogP contribution in [0.25, 0.3) is 0 Å². The van der Waals surface area contributed by atoms with E-state index in [2.05, 4.69) is 4.98 Å². The number of nitrogens with one attached hydrogen (secondary N) is 1. The normalized spacial score (nSPS) is 13.5. The Hall–Kier alpha value is -2.89. The summed E-state index contributed by atoms with van der Waals surface area (Å²) in [4.78, 5) is 40.6. The number of aromatic amines is 1. The molecule has 1 aliphatic rings. The first-order valence-electron chi connectivity index (χ1n) is 7.77. The summed E-state index contributed by atoms with van der Waals surface area (Å²) in [6, 6.07) is 8.23. The van der Waals surface area contributed by atoms with E-state index >= 15 is 0 Å². The average Bonchev–Trinajstić information content (AvgIpc) is 2.79. The van der Waals surface area contributed by atoms with Crippen molar-refractivity contribution in [3.05, 3.63) is 58.0 Å². The number of hydrogen-bond donors (Lipinski definition) is 1. The molecule has 6 heteroatoms. The molecule has 0 unspecified atom stereocenters. The van der Waals surface area contributed by atoms with Gasteiger partial charge in [0.25, 0.3) is 11.7 Å². The summed E-state index contributed by atoms with van der Waals surface area (Å²) >= 11 is 0. The molecule has 1 N–H and O–H groups in total. The van der Waals surface area contributed by atoms with Crippen LogP contribution in [0.4, 0.5) is 5.69 Å². The number of ether oxygens (including phenoxy) is 1. The average molecular weight is 326 g/mol. The van der Waals surface area contributed by atoms with Crippen LogP contribution in [0.2, 0.25) is 0 Å². The van der Waals surface area contributed by atoms with Crippen LogP contribution in [0.15, 0.2) is 41.3 Å². The number of amides is 1. The lowest BCUT2D eigenvalue weighted by Gasteiger charge is -2.16. The summed E-state index contributed by atoms with van der Waals surface area (Å²) < 4.78 is 5.44. The summed E-state index contributed by atoms with van der Waals surface area (Å²) in [5, 5.41) is 0. The fourth-order valence-corrected chi connectivity index (χ4v) is 2.54. The first kappa shape index (κ1) is 16.0. The molecule has 0 aliphatic carbocycles. The van der Waals surface area contributed by atoms with Gasteiger partial charge in [0, 0.05) is 18.0 Å².